The Kier molecular flexibility index (Phi) is 11.9. The van der Waals surface area contributed by atoms with E-state index in [1.807, 2.05) is 6.08 Å². The zero-order chi connectivity index (χ0) is 16.4. The number of guanidine groups is 1. The Labute approximate surface area is 159 Å². The SMILES string of the molecule is C=CCCCN(C)C(=NCC1(N(C)C)CCOCC1)NCC.I. The third-order valence-electron chi connectivity index (χ3n) is 4.49. The summed E-state index contributed by atoms with van der Waals surface area (Å²) < 4.78 is 5.53. The lowest BCUT2D eigenvalue weighted by Crippen LogP contribution is -2.52. The van der Waals surface area contributed by atoms with Crippen molar-refractivity contribution in [3.05, 3.63) is 12.7 Å². The van der Waals surface area contributed by atoms with E-state index in [9.17, 15) is 0 Å². The van der Waals surface area contributed by atoms with E-state index in [2.05, 4.69) is 49.8 Å². The summed E-state index contributed by atoms with van der Waals surface area (Å²) in [5.74, 6) is 0.999. The molecule has 136 valence electrons. The van der Waals surface area contributed by atoms with E-state index in [0.717, 1.165) is 64.5 Å². The highest BCUT2D eigenvalue weighted by Gasteiger charge is 2.34. The van der Waals surface area contributed by atoms with Gasteiger partial charge in [0, 0.05) is 38.9 Å². The lowest BCUT2D eigenvalue weighted by atomic mass is 9.89. The second-order valence-corrected chi connectivity index (χ2v) is 6.25. The topological polar surface area (TPSA) is 40.1 Å². The molecule has 0 aromatic heterocycles. The lowest BCUT2D eigenvalue weighted by Gasteiger charge is -2.42. The van der Waals surface area contributed by atoms with Crippen molar-refractivity contribution in [1.29, 1.82) is 0 Å². The molecule has 6 heteroatoms. The standard InChI is InChI=1S/C17H34N4O.HI/c1-6-8-9-12-21(5)16(18-7-2)19-15-17(20(3)4)10-13-22-14-11-17;/h6H,1,7-15H2,2-5H3,(H,18,19);1H. The first kappa shape index (κ1) is 22.7. The molecule has 0 atom stereocenters. The van der Waals surface area contributed by atoms with Crippen LogP contribution in [0.15, 0.2) is 17.6 Å². The van der Waals surface area contributed by atoms with Crippen LogP contribution in [-0.2, 0) is 4.74 Å². The van der Waals surface area contributed by atoms with Gasteiger partial charge in [-0.25, -0.2) is 0 Å². The van der Waals surface area contributed by atoms with E-state index in [0.29, 0.717) is 0 Å². The zero-order valence-corrected chi connectivity index (χ0v) is 17.6. The van der Waals surface area contributed by atoms with Gasteiger partial charge in [-0.1, -0.05) is 6.08 Å². The van der Waals surface area contributed by atoms with Crippen LogP contribution >= 0.6 is 24.0 Å². The van der Waals surface area contributed by atoms with E-state index < -0.39 is 0 Å². The van der Waals surface area contributed by atoms with Gasteiger partial charge in [0.25, 0.3) is 0 Å². The van der Waals surface area contributed by atoms with Crippen molar-refractivity contribution < 1.29 is 4.74 Å². The van der Waals surface area contributed by atoms with Gasteiger partial charge in [0.1, 0.15) is 0 Å². The van der Waals surface area contributed by atoms with Crippen LogP contribution in [0.5, 0.6) is 0 Å². The van der Waals surface area contributed by atoms with Crippen LogP contribution < -0.4 is 5.32 Å². The van der Waals surface area contributed by atoms with Gasteiger partial charge in [-0.15, -0.1) is 30.6 Å². The monoisotopic (exact) mass is 438 g/mol. The van der Waals surface area contributed by atoms with Crippen molar-refractivity contribution in [2.24, 2.45) is 4.99 Å². The van der Waals surface area contributed by atoms with Crippen LogP contribution in [-0.4, -0.2) is 75.3 Å². The Morgan fingerprint density at radius 2 is 1.96 bits per heavy atom. The number of nitrogens with zero attached hydrogens (tertiary/aromatic N) is 3. The van der Waals surface area contributed by atoms with E-state index >= 15 is 0 Å². The molecule has 1 N–H and O–H groups in total. The molecule has 0 saturated carbocycles. The minimum absolute atomic E-state index is 0. The summed E-state index contributed by atoms with van der Waals surface area (Å²) in [6, 6.07) is 0. The maximum Gasteiger partial charge on any atom is 0.193 e. The van der Waals surface area contributed by atoms with Gasteiger partial charge in [-0.3, -0.25) is 4.99 Å². The lowest BCUT2D eigenvalue weighted by molar-refractivity contribution is -0.00262. The third-order valence-corrected chi connectivity index (χ3v) is 4.49. The molecule has 1 aliphatic rings. The predicted octanol–water partition coefficient (Wildman–Crippen LogP) is 2.58. The van der Waals surface area contributed by atoms with E-state index in [-0.39, 0.29) is 29.5 Å². The molecule has 0 amide bonds. The summed E-state index contributed by atoms with van der Waals surface area (Å²) in [4.78, 5) is 9.46. The molecule has 5 nitrogen and oxygen atoms in total. The fourth-order valence-electron chi connectivity index (χ4n) is 2.77. The minimum Gasteiger partial charge on any atom is -0.381 e. The molecule has 23 heavy (non-hydrogen) atoms. The zero-order valence-electron chi connectivity index (χ0n) is 15.3. The number of halogens is 1. The molecule has 1 aliphatic heterocycles. The summed E-state index contributed by atoms with van der Waals surface area (Å²) in [6.45, 7) is 10.3. The molecular weight excluding hydrogens is 403 g/mol. The van der Waals surface area contributed by atoms with Crippen LogP contribution in [0, 0.1) is 0 Å². The Bertz CT molecular complexity index is 355. The molecule has 0 unspecified atom stereocenters. The van der Waals surface area contributed by atoms with Crippen molar-refractivity contribution in [2.75, 3.05) is 54.0 Å². The first-order valence-corrected chi connectivity index (χ1v) is 8.41. The maximum absolute atomic E-state index is 5.53. The summed E-state index contributed by atoms with van der Waals surface area (Å²) in [6.07, 6.45) is 6.22. The van der Waals surface area contributed by atoms with Crippen LogP contribution in [0.2, 0.25) is 0 Å². The van der Waals surface area contributed by atoms with E-state index in [1.165, 1.54) is 0 Å². The Morgan fingerprint density at radius 3 is 2.48 bits per heavy atom. The molecule has 0 bridgehead atoms. The number of likely N-dealkylation sites (N-methyl/N-ethyl adjacent to an activating group) is 1. The Morgan fingerprint density at radius 1 is 1.30 bits per heavy atom. The molecule has 0 spiro atoms. The second kappa shape index (κ2) is 12.1. The molecular formula is C17H35IN4O. The Balaban J connectivity index is 0.00000484. The summed E-state index contributed by atoms with van der Waals surface area (Å²) >= 11 is 0. The fraction of sp³-hybridized carbons (Fsp3) is 0.824. The minimum atomic E-state index is 0. The van der Waals surface area contributed by atoms with Gasteiger partial charge in [-0.05, 0) is 46.7 Å². The second-order valence-electron chi connectivity index (χ2n) is 6.25. The van der Waals surface area contributed by atoms with E-state index in [1.54, 1.807) is 0 Å². The van der Waals surface area contributed by atoms with Gasteiger partial charge < -0.3 is 19.9 Å². The molecule has 0 aromatic rings. The highest BCUT2D eigenvalue weighted by Crippen LogP contribution is 2.26. The van der Waals surface area contributed by atoms with Crippen molar-refractivity contribution >= 4 is 29.9 Å². The molecule has 0 radical (unpaired) electrons. The fourth-order valence-corrected chi connectivity index (χ4v) is 2.77. The molecule has 1 rings (SSSR count). The average Bonchev–Trinajstić information content (AvgIpc) is 2.52. The number of hydrogen-bond donors (Lipinski definition) is 1. The highest BCUT2D eigenvalue weighted by atomic mass is 127. The van der Waals surface area contributed by atoms with Crippen LogP contribution in [0.4, 0.5) is 0 Å². The number of nitrogens with one attached hydrogen (secondary N) is 1. The van der Waals surface area contributed by atoms with Crippen LogP contribution in [0.3, 0.4) is 0 Å². The summed E-state index contributed by atoms with van der Waals surface area (Å²) in [7, 11) is 6.42. The number of aliphatic imine (C=N–C) groups is 1. The predicted molar refractivity (Wildman–Crippen MR) is 110 cm³/mol. The van der Waals surface area contributed by atoms with Crippen LogP contribution in [0.1, 0.15) is 32.6 Å². The third kappa shape index (κ3) is 7.39. The van der Waals surface area contributed by atoms with Crippen molar-refractivity contribution in [3.63, 3.8) is 0 Å². The largest absolute Gasteiger partial charge is 0.381 e. The van der Waals surface area contributed by atoms with Crippen LogP contribution in [0.25, 0.3) is 0 Å². The van der Waals surface area contributed by atoms with Gasteiger partial charge >= 0.3 is 0 Å². The van der Waals surface area contributed by atoms with Gasteiger partial charge in [-0.2, -0.15) is 0 Å². The molecule has 1 fully saturated rings. The molecule has 0 aliphatic carbocycles. The van der Waals surface area contributed by atoms with Gasteiger partial charge in [0.05, 0.1) is 6.54 Å². The maximum atomic E-state index is 5.53. The number of rotatable bonds is 8. The van der Waals surface area contributed by atoms with Crippen molar-refractivity contribution in [3.8, 4) is 0 Å². The van der Waals surface area contributed by atoms with Gasteiger partial charge in [0.15, 0.2) is 5.96 Å². The van der Waals surface area contributed by atoms with E-state index in [4.69, 9.17) is 9.73 Å². The Hall–Kier alpha value is -0.340. The number of ether oxygens (including phenoxy) is 1. The molecule has 1 heterocycles. The highest BCUT2D eigenvalue weighted by molar-refractivity contribution is 14.0. The number of unbranched alkanes of at least 4 members (excludes halogenated alkanes) is 1. The molecule has 0 aromatic carbocycles. The van der Waals surface area contributed by atoms with Gasteiger partial charge in [0.2, 0.25) is 0 Å². The van der Waals surface area contributed by atoms with Crippen molar-refractivity contribution in [1.82, 2.24) is 15.1 Å². The number of allylic oxidation sites excluding steroid dienone is 1. The normalized spacial score (nSPS) is 17.5. The smallest absolute Gasteiger partial charge is 0.193 e. The molecule has 1 saturated heterocycles. The first-order chi connectivity index (χ1) is 10.6. The number of hydrogen-bond acceptors (Lipinski definition) is 3. The van der Waals surface area contributed by atoms with Crippen molar-refractivity contribution in [2.45, 2.75) is 38.1 Å². The quantitative estimate of drug-likeness (QED) is 0.208. The summed E-state index contributed by atoms with van der Waals surface area (Å²) in [5, 5.41) is 3.41. The average molecular weight is 438 g/mol. The summed E-state index contributed by atoms with van der Waals surface area (Å²) in [5.41, 5.74) is 0.126. The first-order valence-electron chi connectivity index (χ1n) is 8.41.